The number of halogens is 1. The first kappa shape index (κ1) is 17.8. The van der Waals surface area contributed by atoms with Gasteiger partial charge in [-0.1, -0.05) is 28.1 Å². The summed E-state index contributed by atoms with van der Waals surface area (Å²) in [5.41, 5.74) is 2.17. The third-order valence-electron chi connectivity index (χ3n) is 3.22. The largest absolute Gasteiger partial charge is 0.768 e. The highest BCUT2D eigenvalue weighted by Gasteiger charge is 2.06. The lowest BCUT2D eigenvalue weighted by Gasteiger charge is -2.13. The van der Waals surface area contributed by atoms with Crippen LogP contribution in [0.4, 0.5) is 0 Å². The molecule has 23 heavy (non-hydrogen) atoms. The van der Waals surface area contributed by atoms with Crippen molar-refractivity contribution in [3.8, 4) is 0 Å². The maximum atomic E-state index is 11.4. The van der Waals surface area contributed by atoms with Crippen LogP contribution in [0, 0.1) is 0 Å². The van der Waals surface area contributed by atoms with E-state index in [1.54, 1.807) is 30.3 Å². The van der Waals surface area contributed by atoms with E-state index in [-0.39, 0.29) is 10.9 Å². The maximum absolute atomic E-state index is 11.4. The maximum Gasteiger partial charge on any atom is 0.337 e. The lowest BCUT2D eigenvalue weighted by molar-refractivity contribution is 0.0600. The average molecular weight is 397 g/mol. The minimum Gasteiger partial charge on any atom is -0.768 e. The molecular formula is C16H15BrNO4S-. The van der Waals surface area contributed by atoms with Crippen LogP contribution in [0.3, 0.4) is 0 Å². The van der Waals surface area contributed by atoms with Gasteiger partial charge in [-0.3, -0.25) is 4.21 Å². The van der Waals surface area contributed by atoms with Crippen LogP contribution in [-0.2, 0) is 28.9 Å². The summed E-state index contributed by atoms with van der Waals surface area (Å²) in [6.45, 7) is 0.973. The van der Waals surface area contributed by atoms with Gasteiger partial charge in [0.15, 0.2) is 0 Å². The Labute approximate surface area is 145 Å². The van der Waals surface area contributed by atoms with E-state index in [1.165, 1.54) is 7.11 Å². The second-order valence-electron chi connectivity index (χ2n) is 4.78. The molecule has 7 heteroatoms. The molecule has 0 bridgehead atoms. The van der Waals surface area contributed by atoms with Gasteiger partial charge in [-0.05, 0) is 52.5 Å². The molecule has 0 aliphatic carbocycles. The molecule has 5 nitrogen and oxygen atoms in total. The molecule has 0 saturated heterocycles. The predicted octanol–water partition coefficient (Wildman–Crippen LogP) is 2.76. The van der Waals surface area contributed by atoms with E-state index in [4.69, 9.17) is 0 Å². The van der Waals surface area contributed by atoms with Crippen LogP contribution in [0.25, 0.3) is 0 Å². The number of carbonyl (C=O) groups excluding carboxylic acids is 1. The number of esters is 1. The fraction of sp³-hybridized carbons (Fsp3) is 0.188. The number of benzene rings is 2. The van der Waals surface area contributed by atoms with Crippen molar-refractivity contribution in [2.24, 2.45) is 0 Å². The Morgan fingerprint density at radius 1 is 1.22 bits per heavy atom. The first-order valence-electron chi connectivity index (χ1n) is 6.77. The molecule has 122 valence electrons. The van der Waals surface area contributed by atoms with Gasteiger partial charge < -0.3 is 14.6 Å². The smallest absolute Gasteiger partial charge is 0.337 e. The summed E-state index contributed by atoms with van der Waals surface area (Å²) in [7, 11) is 1.34. The first-order chi connectivity index (χ1) is 11.0. The summed E-state index contributed by atoms with van der Waals surface area (Å²) >= 11 is 1.07. The van der Waals surface area contributed by atoms with E-state index < -0.39 is 11.1 Å². The van der Waals surface area contributed by atoms with E-state index >= 15 is 0 Å². The van der Waals surface area contributed by atoms with E-state index in [0.717, 1.165) is 10.0 Å². The number of carbonyl (C=O) groups is 1. The zero-order valence-electron chi connectivity index (χ0n) is 12.4. The quantitative estimate of drug-likeness (QED) is 0.599. The zero-order valence-corrected chi connectivity index (χ0v) is 14.8. The SMILES string of the molecule is COC(=O)c1ccc(CNCc2cc(Br)ccc2S(=O)[O-])cc1. The van der Waals surface area contributed by atoms with Gasteiger partial charge in [0.25, 0.3) is 0 Å². The summed E-state index contributed by atoms with van der Waals surface area (Å²) in [6, 6.07) is 12.1. The van der Waals surface area contributed by atoms with E-state index in [9.17, 15) is 13.6 Å². The fourth-order valence-electron chi connectivity index (χ4n) is 2.07. The third-order valence-corrected chi connectivity index (χ3v) is 4.47. The lowest BCUT2D eigenvalue weighted by Crippen LogP contribution is -2.14. The molecule has 0 amide bonds. The summed E-state index contributed by atoms with van der Waals surface area (Å²) < 4.78 is 27.9. The molecule has 0 fully saturated rings. The number of methoxy groups -OCH3 is 1. The van der Waals surface area contributed by atoms with Gasteiger partial charge in [-0.25, -0.2) is 4.79 Å². The van der Waals surface area contributed by atoms with Gasteiger partial charge in [-0.2, -0.15) is 0 Å². The minimum absolute atomic E-state index is 0.279. The molecule has 1 unspecified atom stereocenters. The normalized spacial score (nSPS) is 12.0. The van der Waals surface area contributed by atoms with Gasteiger partial charge in [0.1, 0.15) is 0 Å². The molecule has 0 aliphatic heterocycles. The van der Waals surface area contributed by atoms with Gasteiger partial charge in [0, 0.05) is 22.5 Å². The summed E-state index contributed by atoms with van der Waals surface area (Å²) in [4.78, 5) is 11.6. The molecule has 0 heterocycles. The highest BCUT2D eigenvalue weighted by atomic mass is 79.9. The molecular weight excluding hydrogens is 382 g/mol. The van der Waals surface area contributed by atoms with Gasteiger partial charge in [0.05, 0.1) is 12.7 Å². The Bertz CT molecular complexity index is 719. The summed E-state index contributed by atoms with van der Waals surface area (Å²) in [6.07, 6.45) is 0. The van der Waals surface area contributed by atoms with Gasteiger partial charge >= 0.3 is 5.97 Å². The molecule has 0 aromatic heterocycles. The highest BCUT2D eigenvalue weighted by molar-refractivity contribution is 9.10. The van der Waals surface area contributed by atoms with Gasteiger partial charge in [-0.15, -0.1) is 0 Å². The van der Waals surface area contributed by atoms with Crippen molar-refractivity contribution in [2.45, 2.75) is 18.0 Å². The number of rotatable bonds is 6. The van der Waals surface area contributed by atoms with Crippen LogP contribution >= 0.6 is 15.9 Å². The van der Waals surface area contributed by atoms with E-state index in [0.29, 0.717) is 24.2 Å². The van der Waals surface area contributed by atoms with Crippen LogP contribution in [0.2, 0.25) is 0 Å². The monoisotopic (exact) mass is 396 g/mol. The molecule has 1 N–H and O–H groups in total. The number of nitrogens with one attached hydrogen (secondary N) is 1. The average Bonchev–Trinajstić information content (AvgIpc) is 2.54. The first-order valence-corrected chi connectivity index (χ1v) is 8.63. The predicted molar refractivity (Wildman–Crippen MR) is 89.7 cm³/mol. The molecule has 2 rings (SSSR count). The second-order valence-corrected chi connectivity index (χ2v) is 6.60. The summed E-state index contributed by atoms with van der Waals surface area (Å²) in [5, 5.41) is 3.19. The van der Waals surface area contributed by atoms with Crippen LogP contribution in [-0.4, -0.2) is 21.8 Å². The molecule has 1 atom stereocenters. The second kappa shape index (κ2) is 8.35. The molecule has 0 radical (unpaired) electrons. The molecule has 0 spiro atoms. The van der Waals surface area contributed by atoms with Crippen LogP contribution in [0.1, 0.15) is 21.5 Å². The Hall–Kier alpha value is -1.54. The molecule has 0 aliphatic rings. The zero-order chi connectivity index (χ0) is 16.8. The van der Waals surface area contributed by atoms with E-state index in [2.05, 4.69) is 26.0 Å². The Morgan fingerprint density at radius 3 is 2.52 bits per heavy atom. The topological polar surface area (TPSA) is 78.5 Å². The van der Waals surface area contributed by atoms with Crippen LogP contribution in [0.5, 0.6) is 0 Å². The lowest BCUT2D eigenvalue weighted by atomic mass is 10.1. The van der Waals surface area contributed by atoms with Crippen LogP contribution < -0.4 is 5.32 Å². The Balaban J connectivity index is 1.99. The number of hydrogen-bond acceptors (Lipinski definition) is 5. The van der Waals surface area contributed by atoms with Crippen molar-refractivity contribution >= 4 is 33.0 Å². The minimum atomic E-state index is -2.27. The number of ether oxygens (including phenoxy) is 1. The van der Waals surface area contributed by atoms with Crippen molar-refractivity contribution in [3.63, 3.8) is 0 Å². The fourth-order valence-corrected chi connectivity index (χ4v) is 3.00. The highest BCUT2D eigenvalue weighted by Crippen LogP contribution is 2.19. The van der Waals surface area contributed by atoms with Crippen molar-refractivity contribution in [3.05, 3.63) is 63.6 Å². The Morgan fingerprint density at radius 2 is 1.91 bits per heavy atom. The molecule has 2 aromatic carbocycles. The van der Waals surface area contributed by atoms with Crippen molar-refractivity contribution in [2.75, 3.05) is 7.11 Å². The summed E-state index contributed by atoms with van der Waals surface area (Å²) in [5.74, 6) is -0.374. The van der Waals surface area contributed by atoms with Gasteiger partial charge in [0.2, 0.25) is 0 Å². The Kier molecular flexibility index (Phi) is 6.47. The molecule has 2 aromatic rings. The van der Waals surface area contributed by atoms with Crippen molar-refractivity contribution in [1.29, 1.82) is 0 Å². The van der Waals surface area contributed by atoms with Crippen molar-refractivity contribution < 1.29 is 18.3 Å². The van der Waals surface area contributed by atoms with Crippen molar-refractivity contribution in [1.82, 2.24) is 5.32 Å². The molecule has 0 saturated carbocycles. The standard InChI is InChI=1S/C16H16BrNO4S/c1-22-16(19)12-4-2-11(3-5-12)9-18-10-13-8-14(17)6-7-15(13)23(20)21/h2-8,18H,9-10H2,1H3,(H,20,21)/p-1. The van der Waals surface area contributed by atoms with E-state index in [1.807, 2.05) is 12.1 Å². The van der Waals surface area contributed by atoms with Crippen LogP contribution in [0.15, 0.2) is 51.8 Å². The third kappa shape index (κ3) is 4.97. The number of hydrogen-bond donors (Lipinski definition) is 1.